The summed E-state index contributed by atoms with van der Waals surface area (Å²) in [6.07, 6.45) is -3.67. The molecule has 0 saturated heterocycles. The van der Waals surface area contributed by atoms with Crippen molar-refractivity contribution in [1.29, 1.82) is 0 Å². The number of nitrogen functional groups attached to an aromatic ring is 1. The van der Waals surface area contributed by atoms with Crippen LogP contribution in [0.2, 0.25) is 0 Å². The third kappa shape index (κ3) is 2.29. The molecule has 1 aliphatic heterocycles. The van der Waals surface area contributed by atoms with Gasteiger partial charge >= 0.3 is 6.29 Å². The molecule has 0 radical (unpaired) electrons. The van der Waals surface area contributed by atoms with Gasteiger partial charge in [-0.2, -0.15) is 0 Å². The minimum absolute atomic E-state index is 0.0623. The number of fused-ring (bicyclic) bond motifs is 1. The largest absolute Gasteiger partial charge is 0.586 e. The van der Waals surface area contributed by atoms with Crippen molar-refractivity contribution in [3.8, 4) is 11.5 Å². The summed E-state index contributed by atoms with van der Waals surface area (Å²) in [6.45, 7) is 0. The summed E-state index contributed by atoms with van der Waals surface area (Å²) in [5.41, 5.74) is 6.76. The third-order valence-corrected chi connectivity index (χ3v) is 2.70. The maximum Gasteiger partial charge on any atom is 0.586 e. The van der Waals surface area contributed by atoms with E-state index in [4.69, 9.17) is 5.73 Å². The minimum atomic E-state index is -3.67. The second-order valence-corrected chi connectivity index (χ2v) is 4.19. The van der Waals surface area contributed by atoms with Crippen LogP contribution in [0, 0.1) is 5.82 Å². The molecular weight excluding hydrogens is 273 g/mol. The highest BCUT2D eigenvalue weighted by Gasteiger charge is 2.43. The number of nitrogens with two attached hydrogens (primary N) is 1. The molecule has 0 fully saturated rings. The zero-order chi connectivity index (χ0) is 14.3. The first kappa shape index (κ1) is 12.5. The summed E-state index contributed by atoms with van der Waals surface area (Å²) in [5.74, 6) is -0.628. The Morgan fingerprint density at radius 3 is 2.55 bits per heavy atom. The number of hydrogen-bond donors (Lipinski definition) is 2. The fourth-order valence-electron chi connectivity index (χ4n) is 1.82. The van der Waals surface area contributed by atoms with Gasteiger partial charge in [-0.15, -0.1) is 8.78 Å². The predicted molar refractivity (Wildman–Crippen MR) is 66.7 cm³/mol. The predicted octanol–water partition coefficient (Wildman–Crippen LogP) is 3.47. The standard InChI is InChI=1S/C13H9F3N2O2/c14-7-1-3-9(17)10(5-7)18-8-2-4-11-12(6-8)20-13(15,16)19-11/h1-6,18H,17H2. The maximum absolute atomic E-state index is 13.1. The number of rotatable bonds is 2. The van der Waals surface area contributed by atoms with Crippen LogP contribution in [0.25, 0.3) is 0 Å². The highest BCUT2D eigenvalue weighted by atomic mass is 19.3. The number of hydrogen-bond acceptors (Lipinski definition) is 4. The van der Waals surface area contributed by atoms with Gasteiger partial charge in [-0.3, -0.25) is 0 Å². The first-order chi connectivity index (χ1) is 9.43. The highest BCUT2D eigenvalue weighted by Crippen LogP contribution is 2.42. The quantitative estimate of drug-likeness (QED) is 0.828. The Hall–Kier alpha value is -2.57. The molecule has 20 heavy (non-hydrogen) atoms. The van der Waals surface area contributed by atoms with E-state index in [2.05, 4.69) is 14.8 Å². The number of alkyl halides is 2. The van der Waals surface area contributed by atoms with Crippen molar-refractivity contribution in [1.82, 2.24) is 0 Å². The van der Waals surface area contributed by atoms with Gasteiger partial charge in [0.1, 0.15) is 5.82 Å². The molecule has 0 spiro atoms. The van der Waals surface area contributed by atoms with Crippen LogP contribution in [0.1, 0.15) is 0 Å². The van der Waals surface area contributed by atoms with Gasteiger partial charge in [0, 0.05) is 11.8 Å². The molecule has 0 unspecified atom stereocenters. The van der Waals surface area contributed by atoms with Gasteiger partial charge in [0.25, 0.3) is 0 Å². The zero-order valence-electron chi connectivity index (χ0n) is 9.99. The molecule has 3 N–H and O–H groups in total. The summed E-state index contributed by atoms with van der Waals surface area (Å²) in [7, 11) is 0. The second kappa shape index (κ2) is 4.22. The fourth-order valence-corrected chi connectivity index (χ4v) is 1.82. The van der Waals surface area contributed by atoms with E-state index >= 15 is 0 Å². The molecule has 2 aromatic carbocycles. The average Bonchev–Trinajstić information content (AvgIpc) is 2.67. The molecule has 1 heterocycles. The van der Waals surface area contributed by atoms with Crippen LogP contribution in [0.3, 0.4) is 0 Å². The number of halogens is 3. The van der Waals surface area contributed by atoms with E-state index in [-0.39, 0.29) is 11.5 Å². The van der Waals surface area contributed by atoms with Crippen molar-refractivity contribution >= 4 is 17.1 Å². The summed E-state index contributed by atoms with van der Waals surface area (Å²) >= 11 is 0. The van der Waals surface area contributed by atoms with Crippen LogP contribution in [0.5, 0.6) is 11.5 Å². The molecule has 0 aliphatic carbocycles. The van der Waals surface area contributed by atoms with Gasteiger partial charge in [-0.05, 0) is 30.3 Å². The number of anilines is 3. The Bertz CT molecular complexity index is 677. The van der Waals surface area contributed by atoms with Gasteiger partial charge in [-0.25, -0.2) is 4.39 Å². The van der Waals surface area contributed by atoms with Gasteiger partial charge in [0.2, 0.25) is 0 Å². The van der Waals surface area contributed by atoms with Crippen molar-refractivity contribution in [3.05, 3.63) is 42.2 Å². The van der Waals surface area contributed by atoms with Crippen LogP contribution >= 0.6 is 0 Å². The van der Waals surface area contributed by atoms with Crippen molar-refractivity contribution in [3.63, 3.8) is 0 Å². The molecule has 0 saturated carbocycles. The van der Waals surface area contributed by atoms with Crippen LogP contribution in [0.15, 0.2) is 36.4 Å². The molecule has 3 rings (SSSR count). The van der Waals surface area contributed by atoms with Crippen LogP contribution in [-0.2, 0) is 0 Å². The topological polar surface area (TPSA) is 56.5 Å². The summed E-state index contributed by atoms with van der Waals surface area (Å²) < 4.78 is 47.5. The number of benzene rings is 2. The van der Waals surface area contributed by atoms with Crippen LogP contribution in [-0.4, -0.2) is 6.29 Å². The molecule has 104 valence electrons. The molecule has 0 bridgehead atoms. The molecule has 0 aromatic heterocycles. The van der Waals surface area contributed by atoms with E-state index in [1.165, 1.54) is 36.4 Å². The van der Waals surface area contributed by atoms with E-state index in [9.17, 15) is 13.2 Å². The number of nitrogens with one attached hydrogen (secondary N) is 1. The Kier molecular flexibility index (Phi) is 2.63. The van der Waals surface area contributed by atoms with Gasteiger partial charge in [-0.1, -0.05) is 0 Å². The van der Waals surface area contributed by atoms with Gasteiger partial charge in [0.15, 0.2) is 11.5 Å². The first-order valence-electron chi connectivity index (χ1n) is 5.65. The maximum atomic E-state index is 13.1. The monoisotopic (exact) mass is 282 g/mol. The van der Waals surface area contributed by atoms with Crippen molar-refractivity contribution in [2.45, 2.75) is 6.29 Å². The molecular formula is C13H9F3N2O2. The normalized spacial score (nSPS) is 15.2. The van der Waals surface area contributed by atoms with Crippen LogP contribution in [0.4, 0.5) is 30.2 Å². The highest BCUT2D eigenvalue weighted by molar-refractivity contribution is 5.73. The average molecular weight is 282 g/mol. The van der Waals surface area contributed by atoms with E-state index in [0.717, 1.165) is 0 Å². The van der Waals surface area contributed by atoms with Crippen molar-refractivity contribution < 1.29 is 22.6 Å². The summed E-state index contributed by atoms with van der Waals surface area (Å²) in [4.78, 5) is 0. The van der Waals surface area contributed by atoms with Gasteiger partial charge in [0.05, 0.1) is 11.4 Å². The lowest BCUT2D eigenvalue weighted by molar-refractivity contribution is -0.286. The molecule has 4 nitrogen and oxygen atoms in total. The van der Waals surface area contributed by atoms with Crippen molar-refractivity contribution in [2.24, 2.45) is 0 Å². The smallest absolute Gasteiger partial charge is 0.397 e. The molecule has 7 heteroatoms. The Morgan fingerprint density at radius 2 is 1.75 bits per heavy atom. The molecule has 1 aliphatic rings. The minimum Gasteiger partial charge on any atom is -0.397 e. The number of ether oxygens (including phenoxy) is 2. The fraction of sp³-hybridized carbons (Fsp3) is 0.0769. The van der Waals surface area contributed by atoms with Crippen molar-refractivity contribution in [2.75, 3.05) is 11.1 Å². The zero-order valence-corrected chi connectivity index (χ0v) is 9.99. The van der Waals surface area contributed by atoms with E-state index in [1.807, 2.05) is 0 Å². The van der Waals surface area contributed by atoms with Gasteiger partial charge < -0.3 is 20.5 Å². The van der Waals surface area contributed by atoms with E-state index in [0.29, 0.717) is 17.1 Å². The molecule has 2 aromatic rings. The summed E-state index contributed by atoms with van der Waals surface area (Å²) in [6, 6.07) is 7.97. The Morgan fingerprint density at radius 1 is 1.00 bits per heavy atom. The lowest BCUT2D eigenvalue weighted by Gasteiger charge is -2.09. The van der Waals surface area contributed by atoms with Crippen LogP contribution < -0.4 is 20.5 Å². The molecule has 0 atom stereocenters. The lowest BCUT2D eigenvalue weighted by Crippen LogP contribution is -2.25. The summed E-state index contributed by atoms with van der Waals surface area (Å²) in [5, 5.41) is 2.82. The lowest BCUT2D eigenvalue weighted by atomic mass is 10.2. The first-order valence-corrected chi connectivity index (χ1v) is 5.65. The van der Waals surface area contributed by atoms with E-state index in [1.54, 1.807) is 0 Å². The Labute approximate surface area is 111 Å². The third-order valence-electron chi connectivity index (χ3n) is 2.70. The SMILES string of the molecule is Nc1ccc(F)cc1Nc1ccc2c(c1)OC(F)(F)O2. The van der Waals surface area contributed by atoms with E-state index < -0.39 is 12.1 Å². The molecule has 0 amide bonds. The Balaban J connectivity index is 1.88. The second-order valence-electron chi connectivity index (χ2n) is 4.19.